The third kappa shape index (κ3) is 9.14. The Morgan fingerprint density at radius 2 is 1.52 bits per heavy atom. The van der Waals surface area contributed by atoms with Gasteiger partial charge in [-0.3, -0.25) is 0 Å². The molecule has 5 rings (SSSR count). The van der Waals surface area contributed by atoms with E-state index in [1.165, 1.54) is 83.5 Å². The predicted octanol–water partition coefficient (Wildman–Crippen LogP) is 13.2. The molecule has 0 radical (unpaired) electrons. The molecule has 3 fully saturated rings. The van der Waals surface area contributed by atoms with Crippen molar-refractivity contribution in [3.63, 3.8) is 0 Å². The molecule has 0 saturated heterocycles. The predicted molar refractivity (Wildman–Crippen MR) is 208 cm³/mol. The Balaban J connectivity index is 1.20. The number of fused-ring (bicyclic) bond motifs is 5. The Kier molecular flexibility index (Phi) is 14.3. The zero-order chi connectivity index (χ0) is 35.7. The molecule has 1 aromatic rings. The zero-order valence-electron chi connectivity index (χ0n) is 33.3. The normalized spacial score (nSPS) is 31.0. The second-order valence-corrected chi connectivity index (χ2v) is 18.0. The molecule has 3 saturated carbocycles. The zero-order valence-corrected chi connectivity index (χ0v) is 33.3. The van der Waals surface area contributed by atoms with Gasteiger partial charge in [0, 0.05) is 6.42 Å². The van der Waals surface area contributed by atoms with Crippen LogP contribution in [0.15, 0.2) is 29.8 Å². The van der Waals surface area contributed by atoms with Crippen molar-refractivity contribution < 1.29 is 19.0 Å². The van der Waals surface area contributed by atoms with Crippen molar-refractivity contribution in [3.8, 4) is 11.5 Å². The van der Waals surface area contributed by atoms with Crippen LogP contribution in [0.1, 0.15) is 181 Å². The molecule has 282 valence electrons. The molecule has 4 aliphatic rings. The average molecular weight is 691 g/mol. The summed E-state index contributed by atoms with van der Waals surface area (Å²) in [5.74, 6) is 6.22. The Bertz CT molecular complexity index is 1250. The van der Waals surface area contributed by atoms with Crippen molar-refractivity contribution in [1.82, 2.24) is 0 Å². The fourth-order valence-corrected chi connectivity index (χ4v) is 11.3. The van der Waals surface area contributed by atoms with Crippen molar-refractivity contribution in [3.05, 3.63) is 35.4 Å². The van der Waals surface area contributed by atoms with Gasteiger partial charge >= 0.3 is 5.97 Å². The summed E-state index contributed by atoms with van der Waals surface area (Å²) < 4.78 is 18.6. The molecule has 1 aromatic carbocycles. The monoisotopic (exact) mass is 691 g/mol. The van der Waals surface area contributed by atoms with E-state index in [1.807, 2.05) is 18.2 Å². The first kappa shape index (κ1) is 39.2. The lowest BCUT2D eigenvalue weighted by atomic mass is 9.47. The molecule has 4 aliphatic carbocycles. The van der Waals surface area contributed by atoms with Crippen LogP contribution < -0.4 is 9.47 Å². The fraction of sp³-hybridized carbons (Fsp3) is 0.804. The lowest BCUT2D eigenvalue weighted by molar-refractivity contribution is -0.0594. The minimum Gasteiger partial charge on any atom is -0.490 e. The SMILES string of the molecule is CCCCCCOc1ccc(C(=O)O[C@H]2CC[C@@]3(C)C(=CC[C@H]4[C@@H]5CC[C@H]([C@H](C)CCCC(C)C)[C@@]5(C)CC[C@@H]43)C2)cc1OCCCCCC. The number of allylic oxidation sites excluding steroid dienone is 1. The molecule has 0 unspecified atom stereocenters. The second kappa shape index (κ2) is 18.2. The van der Waals surface area contributed by atoms with Gasteiger partial charge in [-0.1, -0.05) is 118 Å². The maximum atomic E-state index is 13.6. The molecule has 0 spiro atoms. The first-order valence-electron chi connectivity index (χ1n) is 21.4. The van der Waals surface area contributed by atoms with Gasteiger partial charge in [0.2, 0.25) is 0 Å². The molecule has 0 aromatic heterocycles. The maximum Gasteiger partial charge on any atom is 0.338 e. The summed E-state index contributed by atoms with van der Waals surface area (Å²) in [7, 11) is 0. The topological polar surface area (TPSA) is 44.8 Å². The molecule has 0 heterocycles. The van der Waals surface area contributed by atoms with Gasteiger partial charge in [0.05, 0.1) is 18.8 Å². The van der Waals surface area contributed by atoms with E-state index >= 15 is 0 Å². The minimum atomic E-state index is -0.230. The van der Waals surface area contributed by atoms with Crippen LogP contribution >= 0.6 is 0 Å². The van der Waals surface area contributed by atoms with E-state index in [-0.39, 0.29) is 17.5 Å². The highest BCUT2D eigenvalue weighted by Crippen LogP contribution is 2.67. The molecule has 8 atom stereocenters. The molecule has 0 bridgehead atoms. The van der Waals surface area contributed by atoms with Gasteiger partial charge in [-0.15, -0.1) is 0 Å². The number of hydrogen-bond donors (Lipinski definition) is 0. The van der Waals surface area contributed by atoms with E-state index in [9.17, 15) is 4.79 Å². The smallest absolute Gasteiger partial charge is 0.338 e. The van der Waals surface area contributed by atoms with Gasteiger partial charge in [-0.2, -0.15) is 0 Å². The van der Waals surface area contributed by atoms with Crippen molar-refractivity contribution in [2.45, 2.75) is 177 Å². The number of carbonyl (C=O) groups is 1. The van der Waals surface area contributed by atoms with Gasteiger partial charge in [-0.25, -0.2) is 4.79 Å². The average Bonchev–Trinajstić information content (AvgIpc) is 3.45. The van der Waals surface area contributed by atoms with Crippen LogP contribution in [0.3, 0.4) is 0 Å². The highest BCUT2D eigenvalue weighted by Gasteiger charge is 2.59. The van der Waals surface area contributed by atoms with Crippen LogP contribution in [0.2, 0.25) is 0 Å². The Labute approximate surface area is 307 Å². The number of benzene rings is 1. The summed E-state index contributed by atoms with van der Waals surface area (Å²) in [6, 6.07) is 5.64. The van der Waals surface area contributed by atoms with Gasteiger partial charge < -0.3 is 14.2 Å². The van der Waals surface area contributed by atoms with Gasteiger partial charge in [0.15, 0.2) is 11.5 Å². The number of rotatable bonds is 19. The molecule has 0 amide bonds. The summed E-state index contributed by atoms with van der Waals surface area (Å²) in [6.07, 6.45) is 25.8. The van der Waals surface area contributed by atoms with Crippen molar-refractivity contribution >= 4 is 5.97 Å². The second-order valence-electron chi connectivity index (χ2n) is 18.0. The van der Waals surface area contributed by atoms with Gasteiger partial charge in [-0.05, 0) is 122 Å². The quantitative estimate of drug-likeness (QED) is 0.0823. The summed E-state index contributed by atoms with van der Waals surface area (Å²) in [6.45, 7) is 18.3. The third-order valence-corrected chi connectivity index (χ3v) is 14.2. The number of ether oxygens (including phenoxy) is 3. The third-order valence-electron chi connectivity index (χ3n) is 14.2. The maximum absolute atomic E-state index is 13.6. The molecule has 4 heteroatoms. The molecule has 0 aliphatic heterocycles. The molecular formula is C46H74O4. The summed E-state index contributed by atoms with van der Waals surface area (Å²) >= 11 is 0. The van der Waals surface area contributed by atoms with E-state index in [0.717, 1.165) is 79.8 Å². The first-order valence-corrected chi connectivity index (χ1v) is 21.4. The first-order chi connectivity index (χ1) is 24.1. The van der Waals surface area contributed by atoms with Crippen molar-refractivity contribution in [1.29, 1.82) is 0 Å². The number of unbranched alkanes of at least 4 members (excludes halogenated alkanes) is 6. The van der Waals surface area contributed by atoms with E-state index in [2.05, 4.69) is 54.5 Å². The van der Waals surface area contributed by atoms with Gasteiger partial charge in [0.25, 0.3) is 0 Å². The summed E-state index contributed by atoms with van der Waals surface area (Å²) in [5, 5.41) is 0. The molecular weight excluding hydrogens is 617 g/mol. The van der Waals surface area contributed by atoms with E-state index in [1.54, 1.807) is 5.57 Å². The standard InChI is InChI=1S/C46H74O4/c1-8-10-12-14-29-48-42-24-19-35(31-43(42)49-30-15-13-11-9-2)44(47)50-37-25-27-45(6)36(32-37)20-21-38-40-23-22-39(34(5)18-16-17-33(3)4)46(40,7)28-26-41(38)45/h19-20,24,31,33-34,37-41H,8-18,21-23,25-30,32H2,1-7H3/t34-,37+,38+,39-,40+,41+,45+,46-/m1/s1. The van der Waals surface area contributed by atoms with Crippen LogP contribution in [0.4, 0.5) is 0 Å². The summed E-state index contributed by atoms with van der Waals surface area (Å²) in [4.78, 5) is 13.6. The van der Waals surface area contributed by atoms with E-state index < -0.39 is 0 Å². The molecule has 4 nitrogen and oxygen atoms in total. The van der Waals surface area contributed by atoms with Crippen LogP contribution in [0.5, 0.6) is 11.5 Å². The highest BCUT2D eigenvalue weighted by atomic mass is 16.5. The Morgan fingerprint density at radius 3 is 2.22 bits per heavy atom. The van der Waals surface area contributed by atoms with Crippen LogP contribution in [-0.4, -0.2) is 25.3 Å². The van der Waals surface area contributed by atoms with Gasteiger partial charge in [0.1, 0.15) is 6.10 Å². The lowest BCUT2D eigenvalue weighted by Crippen LogP contribution is -2.51. The number of hydrogen-bond acceptors (Lipinski definition) is 4. The molecule has 0 N–H and O–H groups in total. The Hall–Kier alpha value is -1.97. The largest absolute Gasteiger partial charge is 0.490 e. The van der Waals surface area contributed by atoms with E-state index in [0.29, 0.717) is 29.9 Å². The van der Waals surface area contributed by atoms with Crippen molar-refractivity contribution in [2.75, 3.05) is 13.2 Å². The number of esters is 1. The van der Waals surface area contributed by atoms with Crippen LogP contribution in [-0.2, 0) is 4.74 Å². The van der Waals surface area contributed by atoms with E-state index in [4.69, 9.17) is 14.2 Å². The lowest BCUT2D eigenvalue weighted by Gasteiger charge is -2.58. The Morgan fingerprint density at radius 1 is 0.800 bits per heavy atom. The minimum absolute atomic E-state index is 0.0531. The molecule has 50 heavy (non-hydrogen) atoms. The number of carbonyl (C=O) groups excluding carboxylic acids is 1. The highest BCUT2D eigenvalue weighted by molar-refractivity contribution is 5.90. The van der Waals surface area contributed by atoms with Crippen LogP contribution in [0, 0.1) is 46.3 Å². The van der Waals surface area contributed by atoms with Crippen molar-refractivity contribution in [2.24, 2.45) is 46.3 Å². The van der Waals surface area contributed by atoms with Crippen LogP contribution in [0.25, 0.3) is 0 Å². The fourth-order valence-electron chi connectivity index (χ4n) is 11.3. The summed E-state index contributed by atoms with van der Waals surface area (Å²) in [5.41, 5.74) is 2.91.